The van der Waals surface area contributed by atoms with Gasteiger partial charge in [-0.05, 0) is 13.0 Å². The molecule has 1 aromatic carbocycles. The fraction of sp³-hybridized carbons (Fsp3) is 0.188. The standard InChI is InChI=1S/C16H14F2N2O2/c1-11-13(16(21)22-9-5-8-14(17)18)10-19-15(20-11)12-6-3-2-4-7-12/h2-4,6-8,10H,5,9H2,1H3. The van der Waals surface area contributed by atoms with Gasteiger partial charge >= 0.3 is 5.97 Å². The Morgan fingerprint density at radius 2 is 2.00 bits per heavy atom. The largest absolute Gasteiger partial charge is 0.462 e. The van der Waals surface area contributed by atoms with E-state index in [2.05, 4.69) is 9.97 Å². The van der Waals surface area contributed by atoms with Crippen molar-refractivity contribution in [3.8, 4) is 11.4 Å². The zero-order valence-electron chi connectivity index (χ0n) is 11.9. The van der Waals surface area contributed by atoms with Gasteiger partial charge in [-0.2, -0.15) is 8.78 Å². The van der Waals surface area contributed by atoms with Crippen LogP contribution in [0.15, 0.2) is 48.7 Å². The van der Waals surface area contributed by atoms with E-state index in [1.54, 1.807) is 6.92 Å². The van der Waals surface area contributed by atoms with Gasteiger partial charge in [-0.3, -0.25) is 0 Å². The molecule has 0 unspecified atom stereocenters. The number of halogens is 2. The maximum Gasteiger partial charge on any atom is 0.341 e. The number of nitrogens with zero attached hydrogens (tertiary/aromatic N) is 2. The maximum atomic E-state index is 11.9. The topological polar surface area (TPSA) is 52.1 Å². The molecule has 0 bridgehead atoms. The minimum absolute atomic E-state index is 0.0317. The minimum atomic E-state index is -1.79. The number of hydrogen-bond acceptors (Lipinski definition) is 4. The molecule has 0 aliphatic heterocycles. The van der Waals surface area contributed by atoms with E-state index in [4.69, 9.17) is 4.74 Å². The van der Waals surface area contributed by atoms with Gasteiger partial charge in [0.05, 0.1) is 17.9 Å². The van der Waals surface area contributed by atoms with Crippen molar-refractivity contribution in [1.29, 1.82) is 0 Å². The van der Waals surface area contributed by atoms with E-state index in [1.807, 2.05) is 30.3 Å². The molecule has 0 radical (unpaired) electrons. The molecular formula is C16H14F2N2O2. The Hall–Kier alpha value is -2.63. The number of benzene rings is 1. The molecule has 114 valence electrons. The van der Waals surface area contributed by atoms with Crippen LogP contribution in [0.1, 0.15) is 22.5 Å². The van der Waals surface area contributed by atoms with Crippen LogP contribution >= 0.6 is 0 Å². The number of esters is 1. The van der Waals surface area contributed by atoms with Crippen molar-refractivity contribution in [2.45, 2.75) is 13.3 Å². The highest BCUT2D eigenvalue weighted by atomic mass is 19.3. The first kappa shape index (κ1) is 15.8. The van der Waals surface area contributed by atoms with Gasteiger partial charge in [0.15, 0.2) is 5.82 Å². The van der Waals surface area contributed by atoms with E-state index in [0.29, 0.717) is 17.6 Å². The first-order valence-electron chi connectivity index (χ1n) is 6.65. The number of ether oxygens (including phenoxy) is 1. The van der Waals surface area contributed by atoms with Gasteiger partial charge in [0.2, 0.25) is 0 Å². The number of rotatable bonds is 5. The molecule has 4 nitrogen and oxygen atoms in total. The highest BCUT2D eigenvalue weighted by Gasteiger charge is 2.13. The molecule has 0 atom stereocenters. The Labute approximate surface area is 126 Å². The lowest BCUT2D eigenvalue weighted by Gasteiger charge is -2.07. The average molecular weight is 304 g/mol. The monoisotopic (exact) mass is 304 g/mol. The molecule has 0 aliphatic rings. The summed E-state index contributed by atoms with van der Waals surface area (Å²) in [4.78, 5) is 20.3. The normalized spacial score (nSPS) is 10.1. The Bertz CT molecular complexity index is 684. The fourth-order valence-corrected chi connectivity index (χ4v) is 1.79. The molecule has 1 heterocycles. The summed E-state index contributed by atoms with van der Waals surface area (Å²) in [7, 11) is 0. The molecule has 0 saturated carbocycles. The lowest BCUT2D eigenvalue weighted by atomic mass is 10.2. The van der Waals surface area contributed by atoms with E-state index in [9.17, 15) is 13.6 Å². The van der Waals surface area contributed by atoms with E-state index < -0.39 is 12.0 Å². The smallest absolute Gasteiger partial charge is 0.341 e. The van der Waals surface area contributed by atoms with Gasteiger partial charge < -0.3 is 4.74 Å². The van der Waals surface area contributed by atoms with Crippen molar-refractivity contribution in [1.82, 2.24) is 9.97 Å². The number of carbonyl (C=O) groups excluding carboxylic acids is 1. The third-order valence-electron chi connectivity index (χ3n) is 2.88. The van der Waals surface area contributed by atoms with E-state index in [-0.39, 0.29) is 18.6 Å². The maximum absolute atomic E-state index is 11.9. The van der Waals surface area contributed by atoms with Crippen LogP contribution in [0.2, 0.25) is 0 Å². The molecule has 1 aromatic heterocycles. The third kappa shape index (κ3) is 4.18. The fourth-order valence-electron chi connectivity index (χ4n) is 1.79. The second-order valence-corrected chi connectivity index (χ2v) is 4.48. The van der Waals surface area contributed by atoms with Crippen molar-refractivity contribution >= 4 is 5.97 Å². The van der Waals surface area contributed by atoms with Gasteiger partial charge in [-0.25, -0.2) is 14.8 Å². The van der Waals surface area contributed by atoms with E-state index in [0.717, 1.165) is 5.56 Å². The van der Waals surface area contributed by atoms with Gasteiger partial charge in [0, 0.05) is 18.2 Å². The van der Waals surface area contributed by atoms with Crippen molar-refractivity contribution in [2.24, 2.45) is 0 Å². The highest BCUT2D eigenvalue weighted by Crippen LogP contribution is 2.16. The summed E-state index contributed by atoms with van der Waals surface area (Å²) < 4.78 is 28.6. The van der Waals surface area contributed by atoms with Crippen LogP contribution in [-0.2, 0) is 4.74 Å². The number of carbonyl (C=O) groups is 1. The summed E-state index contributed by atoms with van der Waals surface area (Å²) in [6.45, 7) is 1.56. The molecule has 2 aromatic rings. The molecule has 0 saturated heterocycles. The highest BCUT2D eigenvalue weighted by molar-refractivity contribution is 5.90. The number of hydrogen-bond donors (Lipinski definition) is 0. The molecule has 6 heteroatoms. The predicted molar refractivity (Wildman–Crippen MR) is 77.4 cm³/mol. The van der Waals surface area contributed by atoms with E-state index >= 15 is 0 Å². The summed E-state index contributed by atoms with van der Waals surface area (Å²) in [6.07, 6.45) is 0.270. The summed E-state index contributed by atoms with van der Waals surface area (Å²) >= 11 is 0. The van der Waals surface area contributed by atoms with Crippen LogP contribution in [0.5, 0.6) is 0 Å². The van der Waals surface area contributed by atoms with Crippen molar-refractivity contribution in [3.63, 3.8) is 0 Å². The molecular weight excluding hydrogens is 290 g/mol. The van der Waals surface area contributed by atoms with Gasteiger partial charge in [0.25, 0.3) is 6.08 Å². The Morgan fingerprint density at radius 1 is 1.27 bits per heavy atom. The lowest BCUT2D eigenvalue weighted by molar-refractivity contribution is 0.0508. The van der Waals surface area contributed by atoms with Crippen LogP contribution in [0.3, 0.4) is 0 Å². The van der Waals surface area contributed by atoms with Crippen molar-refractivity contribution < 1.29 is 18.3 Å². The summed E-state index contributed by atoms with van der Waals surface area (Å²) in [5, 5.41) is 0. The van der Waals surface area contributed by atoms with Crippen LogP contribution in [0, 0.1) is 6.92 Å². The molecule has 2 rings (SSSR count). The second kappa shape index (κ2) is 7.40. The zero-order chi connectivity index (χ0) is 15.9. The van der Waals surface area contributed by atoms with Crippen LogP contribution in [0.4, 0.5) is 8.78 Å². The first-order valence-corrected chi connectivity index (χ1v) is 6.65. The SMILES string of the molecule is Cc1nc(-c2ccccc2)ncc1C(=O)OCCC=C(F)F. The third-order valence-corrected chi connectivity index (χ3v) is 2.88. The first-order chi connectivity index (χ1) is 10.6. The molecule has 0 N–H and O–H groups in total. The van der Waals surface area contributed by atoms with Gasteiger partial charge in [0.1, 0.15) is 0 Å². The Kier molecular flexibility index (Phi) is 5.30. The van der Waals surface area contributed by atoms with Crippen LogP contribution in [0.25, 0.3) is 11.4 Å². The van der Waals surface area contributed by atoms with Crippen LogP contribution in [-0.4, -0.2) is 22.5 Å². The quantitative estimate of drug-likeness (QED) is 0.623. The number of aromatic nitrogens is 2. The zero-order valence-corrected chi connectivity index (χ0v) is 11.9. The lowest BCUT2D eigenvalue weighted by Crippen LogP contribution is -2.10. The second-order valence-electron chi connectivity index (χ2n) is 4.48. The molecule has 0 amide bonds. The molecule has 22 heavy (non-hydrogen) atoms. The summed E-state index contributed by atoms with van der Waals surface area (Å²) in [5.41, 5.74) is 1.55. The van der Waals surface area contributed by atoms with Crippen LogP contribution < -0.4 is 0 Å². The van der Waals surface area contributed by atoms with E-state index in [1.165, 1.54) is 6.20 Å². The molecule has 0 fully saturated rings. The Morgan fingerprint density at radius 3 is 2.64 bits per heavy atom. The number of aryl methyl sites for hydroxylation is 1. The predicted octanol–water partition coefficient (Wildman–Crippen LogP) is 3.78. The average Bonchev–Trinajstić information content (AvgIpc) is 2.52. The minimum Gasteiger partial charge on any atom is -0.462 e. The summed E-state index contributed by atoms with van der Waals surface area (Å²) in [5.74, 6) is -0.109. The summed E-state index contributed by atoms with van der Waals surface area (Å²) in [6, 6.07) is 9.35. The molecule has 0 spiro atoms. The molecule has 0 aliphatic carbocycles. The van der Waals surface area contributed by atoms with Gasteiger partial charge in [-0.1, -0.05) is 30.3 Å². The Balaban J connectivity index is 2.06. The van der Waals surface area contributed by atoms with Crippen molar-refractivity contribution in [2.75, 3.05) is 6.61 Å². The van der Waals surface area contributed by atoms with Gasteiger partial charge in [-0.15, -0.1) is 0 Å². The van der Waals surface area contributed by atoms with Crippen molar-refractivity contribution in [3.05, 3.63) is 59.9 Å².